The van der Waals surface area contributed by atoms with E-state index in [1.54, 1.807) is 12.1 Å². The van der Waals surface area contributed by atoms with Gasteiger partial charge < -0.3 is 14.8 Å². The number of benzene rings is 1. The van der Waals surface area contributed by atoms with Gasteiger partial charge in [-0.2, -0.15) is 9.97 Å². The van der Waals surface area contributed by atoms with Gasteiger partial charge in [0.15, 0.2) is 0 Å². The summed E-state index contributed by atoms with van der Waals surface area (Å²) in [4.78, 5) is 12.5. The van der Waals surface area contributed by atoms with Crippen LogP contribution in [-0.4, -0.2) is 28.1 Å². The third-order valence-corrected chi connectivity index (χ3v) is 2.75. The third-order valence-electron chi connectivity index (χ3n) is 2.44. The molecule has 0 aliphatic rings. The Morgan fingerprint density at radius 2 is 1.86 bits per heavy atom. The first kappa shape index (κ1) is 15.3. The number of nitrogens with one attached hydrogen (secondary N) is 1. The normalized spacial score (nSPS) is 10.2. The molecule has 1 aromatic carbocycles. The van der Waals surface area contributed by atoms with Gasteiger partial charge in [-0.25, -0.2) is 0 Å². The lowest BCUT2D eigenvalue weighted by atomic mass is 10.3. The van der Waals surface area contributed by atoms with Gasteiger partial charge in [0.25, 0.3) is 0 Å². The molecule has 1 N–H and O–H groups in total. The molecule has 0 atom stereocenters. The summed E-state index contributed by atoms with van der Waals surface area (Å²) < 4.78 is 10.9. The van der Waals surface area contributed by atoms with Crippen molar-refractivity contribution in [3.8, 4) is 17.8 Å². The van der Waals surface area contributed by atoms with Crippen LogP contribution in [0.15, 0.2) is 24.3 Å². The van der Waals surface area contributed by atoms with Crippen LogP contribution in [0.3, 0.4) is 0 Å². The second-order valence-electron chi connectivity index (χ2n) is 4.12. The third kappa shape index (κ3) is 4.46. The topological polar surface area (TPSA) is 69.2 Å². The number of halogens is 1. The van der Waals surface area contributed by atoms with Gasteiger partial charge >= 0.3 is 12.0 Å². The minimum absolute atomic E-state index is 0.139. The van der Waals surface area contributed by atoms with Crippen LogP contribution >= 0.6 is 11.6 Å². The van der Waals surface area contributed by atoms with Crippen LogP contribution in [0, 0.1) is 0 Å². The van der Waals surface area contributed by atoms with E-state index in [9.17, 15) is 0 Å². The minimum atomic E-state index is 0.139. The maximum absolute atomic E-state index is 6.06. The first-order valence-corrected chi connectivity index (χ1v) is 7.15. The van der Waals surface area contributed by atoms with E-state index >= 15 is 0 Å². The SMILES string of the molecule is CCCNc1nc(OCC)nc(Oc2ccccc2Cl)n1. The Bertz CT molecular complexity index is 595. The van der Waals surface area contributed by atoms with E-state index in [0.29, 0.717) is 23.3 Å². The highest BCUT2D eigenvalue weighted by Crippen LogP contribution is 2.27. The fourth-order valence-corrected chi connectivity index (χ4v) is 1.69. The van der Waals surface area contributed by atoms with Crippen LogP contribution in [0.5, 0.6) is 17.8 Å². The fourth-order valence-electron chi connectivity index (χ4n) is 1.52. The van der Waals surface area contributed by atoms with Crippen molar-refractivity contribution in [2.45, 2.75) is 20.3 Å². The molecule has 0 bridgehead atoms. The van der Waals surface area contributed by atoms with E-state index in [0.717, 1.165) is 13.0 Å². The molecule has 1 aromatic heterocycles. The molecular weight excluding hydrogens is 292 g/mol. The number of para-hydroxylation sites is 1. The smallest absolute Gasteiger partial charge is 0.330 e. The van der Waals surface area contributed by atoms with Crippen molar-refractivity contribution < 1.29 is 9.47 Å². The Morgan fingerprint density at radius 1 is 1.10 bits per heavy atom. The predicted octanol–water partition coefficient (Wildman–Crippen LogP) is 3.54. The molecule has 0 spiro atoms. The molecule has 1 heterocycles. The molecule has 7 heteroatoms. The first-order chi connectivity index (χ1) is 10.2. The predicted molar refractivity (Wildman–Crippen MR) is 81.3 cm³/mol. The molecule has 0 unspecified atom stereocenters. The van der Waals surface area contributed by atoms with Crippen molar-refractivity contribution in [2.24, 2.45) is 0 Å². The van der Waals surface area contributed by atoms with Crippen LogP contribution in [0.2, 0.25) is 5.02 Å². The molecule has 0 saturated carbocycles. The number of rotatable bonds is 7. The van der Waals surface area contributed by atoms with E-state index in [-0.39, 0.29) is 12.0 Å². The largest absolute Gasteiger partial charge is 0.464 e. The van der Waals surface area contributed by atoms with E-state index in [1.165, 1.54) is 0 Å². The zero-order chi connectivity index (χ0) is 15.1. The zero-order valence-corrected chi connectivity index (χ0v) is 12.7. The summed E-state index contributed by atoms with van der Waals surface area (Å²) in [6.07, 6.45) is 0.955. The van der Waals surface area contributed by atoms with Gasteiger partial charge in [-0.05, 0) is 25.5 Å². The Balaban J connectivity index is 2.24. The van der Waals surface area contributed by atoms with Crippen molar-refractivity contribution in [3.05, 3.63) is 29.3 Å². The summed E-state index contributed by atoms with van der Waals surface area (Å²) in [6, 6.07) is 7.47. The van der Waals surface area contributed by atoms with Gasteiger partial charge in [-0.15, -0.1) is 4.98 Å². The second-order valence-corrected chi connectivity index (χ2v) is 4.52. The van der Waals surface area contributed by atoms with Gasteiger partial charge in [0.2, 0.25) is 5.95 Å². The number of ether oxygens (including phenoxy) is 2. The van der Waals surface area contributed by atoms with Crippen molar-refractivity contribution in [2.75, 3.05) is 18.5 Å². The summed E-state index contributed by atoms with van der Waals surface area (Å²) in [5.74, 6) is 0.895. The highest BCUT2D eigenvalue weighted by atomic mass is 35.5. The second kappa shape index (κ2) is 7.64. The van der Waals surface area contributed by atoms with Crippen molar-refractivity contribution >= 4 is 17.5 Å². The van der Waals surface area contributed by atoms with E-state index < -0.39 is 0 Å². The van der Waals surface area contributed by atoms with Crippen LogP contribution < -0.4 is 14.8 Å². The van der Waals surface area contributed by atoms with Crippen LogP contribution in [-0.2, 0) is 0 Å². The average Bonchev–Trinajstić information content (AvgIpc) is 2.48. The van der Waals surface area contributed by atoms with Crippen molar-refractivity contribution in [1.29, 1.82) is 0 Å². The molecule has 2 rings (SSSR count). The number of hydrogen-bond donors (Lipinski definition) is 1. The Hall–Kier alpha value is -2.08. The van der Waals surface area contributed by atoms with Crippen molar-refractivity contribution in [1.82, 2.24) is 15.0 Å². The molecule has 112 valence electrons. The summed E-state index contributed by atoms with van der Waals surface area (Å²) in [5.41, 5.74) is 0. The number of hydrogen-bond acceptors (Lipinski definition) is 6. The van der Waals surface area contributed by atoms with Gasteiger partial charge in [-0.3, -0.25) is 0 Å². The van der Waals surface area contributed by atoms with Crippen molar-refractivity contribution in [3.63, 3.8) is 0 Å². The molecule has 0 amide bonds. The van der Waals surface area contributed by atoms with Gasteiger partial charge in [0.1, 0.15) is 5.75 Å². The lowest BCUT2D eigenvalue weighted by molar-refractivity contribution is 0.304. The Morgan fingerprint density at radius 3 is 2.57 bits per heavy atom. The lowest BCUT2D eigenvalue weighted by Crippen LogP contribution is -2.08. The minimum Gasteiger partial charge on any atom is -0.464 e. The van der Waals surface area contributed by atoms with Gasteiger partial charge in [0.05, 0.1) is 11.6 Å². The number of aromatic nitrogens is 3. The van der Waals surface area contributed by atoms with Gasteiger partial charge in [-0.1, -0.05) is 30.7 Å². The first-order valence-electron chi connectivity index (χ1n) is 6.78. The summed E-state index contributed by atoms with van der Waals surface area (Å²) in [6.45, 7) is 5.13. The number of anilines is 1. The molecule has 6 nitrogen and oxygen atoms in total. The highest BCUT2D eigenvalue weighted by molar-refractivity contribution is 6.32. The monoisotopic (exact) mass is 308 g/mol. The number of nitrogens with zero attached hydrogens (tertiary/aromatic N) is 3. The van der Waals surface area contributed by atoms with E-state index in [1.807, 2.05) is 19.1 Å². The molecule has 2 aromatic rings. The maximum atomic E-state index is 6.06. The molecule has 0 fully saturated rings. The van der Waals surface area contributed by atoms with E-state index in [4.69, 9.17) is 21.1 Å². The highest BCUT2D eigenvalue weighted by Gasteiger charge is 2.10. The average molecular weight is 309 g/mol. The standard InChI is InChI=1S/C14H17ClN4O2/c1-3-9-16-12-17-13(20-4-2)19-14(18-12)21-11-8-6-5-7-10(11)15/h5-8H,3-4,9H2,1-2H3,(H,16,17,18,19). The Labute approximate surface area is 128 Å². The lowest BCUT2D eigenvalue weighted by Gasteiger charge is -2.09. The van der Waals surface area contributed by atoms with Crippen LogP contribution in [0.4, 0.5) is 5.95 Å². The van der Waals surface area contributed by atoms with Crippen LogP contribution in [0.1, 0.15) is 20.3 Å². The summed E-state index contributed by atoms with van der Waals surface area (Å²) in [7, 11) is 0. The summed E-state index contributed by atoms with van der Waals surface area (Å²) >= 11 is 6.06. The summed E-state index contributed by atoms with van der Waals surface area (Å²) in [5, 5.41) is 3.56. The van der Waals surface area contributed by atoms with Crippen LogP contribution in [0.25, 0.3) is 0 Å². The molecule has 0 aliphatic heterocycles. The molecule has 21 heavy (non-hydrogen) atoms. The van der Waals surface area contributed by atoms with Gasteiger partial charge in [0, 0.05) is 6.54 Å². The fraction of sp³-hybridized carbons (Fsp3) is 0.357. The quantitative estimate of drug-likeness (QED) is 0.843. The van der Waals surface area contributed by atoms with E-state index in [2.05, 4.69) is 27.2 Å². The zero-order valence-electron chi connectivity index (χ0n) is 12.0. The molecule has 0 aliphatic carbocycles. The molecule has 0 radical (unpaired) electrons. The molecular formula is C14H17ClN4O2. The maximum Gasteiger partial charge on any atom is 0.330 e. The Kier molecular flexibility index (Phi) is 5.57. The molecule has 0 saturated heterocycles.